The van der Waals surface area contributed by atoms with Crippen molar-refractivity contribution in [2.75, 3.05) is 6.61 Å². The molecule has 0 aliphatic heterocycles. The summed E-state index contributed by atoms with van der Waals surface area (Å²) in [6, 6.07) is 7.77. The molecule has 1 aliphatic carbocycles. The highest BCUT2D eigenvalue weighted by Crippen LogP contribution is 2.46. The van der Waals surface area contributed by atoms with Gasteiger partial charge in [0.25, 0.3) is 0 Å². The van der Waals surface area contributed by atoms with E-state index in [0.717, 1.165) is 17.7 Å². The molecule has 82 valence electrons. The summed E-state index contributed by atoms with van der Waals surface area (Å²) in [5.74, 6) is 2.01. The van der Waals surface area contributed by atoms with Crippen LogP contribution in [0.4, 0.5) is 0 Å². The lowest BCUT2D eigenvalue weighted by Gasteiger charge is -2.11. The summed E-state index contributed by atoms with van der Waals surface area (Å²) in [7, 11) is 0. The SMILES string of the molecule is CCOc1ccc(C(O)C2CC2C)cc1. The first kappa shape index (κ1) is 10.5. The van der Waals surface area contributed by atoms with Gasteiger partial charge in [-0.25, -0.2) is 0 Å². The molecule has 1 aromatic rings. The third-order valence-corrected chi connectivity index (χ3v) is 3.11. The van der Waals surface area contributed by atoms with E-state index in [4.69, 9.17) is 4.74 Å². The summed E-state index contributed by atoms with van der Waals surface area (Å²) in [5.41, 5.74) is 1.01. The maximum absolute atomic E-state index is 10.0. The van der Waals surface area contributed by atoms with Gasteiger partial charge in [-0.05, 0) is 42.9 Å². The first-order valence-corrected chi connectivity index (χ1v) is 5.63. The lowest BCUT2D eigenvalue weighted by molar-refractivity contribution is 0.148. The summed E-state index contributed by atoms with van der Waals surface area (Å²) < 4.78 is 5.36. The normalized spacial score (nSPS) is 26.1. The quantitative estimate of drug-likeness (QED) is 0.820. The third-order valence-electron chi connectivity index (χ3n) is 3.11. The molecule has 2 heteroatoms. The first-order valence-electron chi connectivity index (χ1n) is 5.63. The van der Waals surface area contributed by atoms with Crippen molar-refractivity contribution in [3.05, 3.63) is 29.8 Å². The lowest BCUT2D eigenvalue weighted by Crippen LogP contribution is -2.01. The Morgan fingerprint density at radius 1 is 1.40 bits per heavy atom. The van der Waals surface area contributed by atoms with E-state index in [9.17, 15) is 5.11 Å². The molecule has 1 aromatic carbocycles. The molecule has 0 radical (unpaired) electrons. The van der Waals surface area contributed by atoms with E-state index in [1.165, 1.54) is 0 Å². The minimum atomic E-state index is -0.296. The summed E-state index contributed by atoms with van der Waals surface area (Å²) in [5, 5.41) is 10.0. The Morgan fingerprint density at radius 2 is 2.00 bits per heavy atom. The molecule has 3 unspecified atom stereocenters. The van der Waals surface area contributed by atoms with Crippen molar-refractivity contribution in [3.8, 4) is 5.75 Å². The van der Waals surface area contributed by atoms with Crippen LogP contribution in [0.2, 0.25) is 0 Å². The van der Waals surface area contributed by atoms with Gasteiger partial charge in [-0.2, -0.15) is 0 Å². The van der Waals surface area contributed by atoms with Gasteiger partial charge in [0, 0.05) is 0 Å². The highest BCUT2D eigenvalue weighted by Gasteiger charge is 2.39. The van der Waals surface area contributed by atoms with Crippen LogP contribution in [-0.2, 0) is 0 Å². The Balaban J connectivity index is 2.03. The van der Waals surface area contributed by atoms with Gasteiger partial charge in [0.05, 0.1) is 12.7 Å². The van der Waals surface area contributed by atoms with E-state index in [1.54, 1.807) is 0 Å². The minimum absolute atomic E-state index is 0.296. The fourth-order valence-electron chi connectivity index (χ4n) is 1.97. The Labute approximate surface area is 90.9 Å². The average Bonchev–Trinajstić information content (AvgIpc) is 2.96. The molecule has 3 atom stereocenters. The number of benzene rings is 1. The first-order chi connectivity index (χ1) is 7.22. The van der Waals surface area contributed by atoms with Crippen molar-refractivity contribution in [1.29, 1.82) is 0 Å². The molecule has 0 spiro atoms. The van der Waals surface area contributed by atoms with Gasteiger partial charge < -0.3 is 9.84 Å². The molecule has 1 saturated carbocycles. The van der Waals surface area contributed by atoms with Gasteiger partial charge in [0.15, 0.2) is 0 Å². The molecule has 0 amide bonds. The fraction of sp³-hybridized carbons (Fsp3) is 0.538. The van der Waals surface area contributed by atoms with Crippen molar-refractivity contribution in [2.45, 2.75) is 26.4 Å². The number of aliphatic hydroxyl groups is 1. The number of ether oxygens (including phenoxy) is 1. The second-order valence-electron chi connectivity index (χ2n) is 4.32. The zero-order chi connectivity index (χ0) is 10.8. The van der Waals surface area contributed by atoms with Crippen LogP contribution in [0.1, 0.15) is 31.9 Å². The molecule has 2 nitrogen and oxygen atoms in total. The molecule has 1 N–H and O–H groups in total. The van der Waals surface area contributed by atoms with Crippen molar-refractivity contribution in [1.82, 2.24) is 0 Å². The van der Waals surface area contributed by atoms with Crippen LogP contribution in [-0.4, -0.2) is 11.7 Å². The summed E-state index contributed by atoms with van der Waals surface area (Å²) in [6.45, 7) is 4.83. The molecule has 1 aliphatic rings. The topological polar surface area (TPSA) is 29.5 Å². The van der Waals surface area contributed by atoms with E-state index in [1.807, 2.05) is 31.2 Å². The van der Waals surface area contributed by atoms with Crippen LogP contribution in [0, 0.1) is 11.8 Å². The third kappa shape index (κ3) is 2.32. The minimum Gasteiger partial charge on any atom is -0.494 e. The number of hydrogen-bond donors (Lipinski definition) is 1. The highest BCUT2D eigenvalue weighted by molar-refractivity contribution is 5.29. The maximum atomic E-state index is 10.0. The fourth-order valence-corrected chi connectivity index (χ4v) is 1.97. The summed E-state index contributed by atoms with van der Waals surface area (Å²) in [6.07, 6.45) is 0.852. The van der Waals surface area contributed by atoms with E-state index >= 15 is 0 Å². The molecule has 0 bridgehead atoms. The molecule has 0 heterocycles. The largest absolute Gasteiger partial charge is 0.494 e. The zero-order valence-corrected chi connectivity index (χ0v) is 9.31. The van der Waals surface area contributed by atoms with Crippen LogP contribution in [0.3, 0.4) is 0 Å². The molecule has 1 fully saturated rings. The predicted molar refractivity (Wildman–Crippen MR) is 59.8 cm³/mol. The van der Waals surface area contributed by atoms with Crippen LogP contribution in [0.5, 0.6) is 5.75 Å². The monoisotopic (exact) mass is 206 g/mol. The lowest BCUT2D eigenvalue weighted by atomic mass is 10.0. The van der Waals surface area contributed by atoms with E-state index in [0.29, 0.717) is 18.4 Å². The number of aliphatic hydroxyl groups excluding tert-OH is 1. The molecule has 0 saturated heterocycles. The molecule has 0 aromatic heterocycles. The van der Waals surface area contributed by atoms with Gasteiger partial charge >= 0.3 is 0 Å². The maximum Gasteiger partial charge on any atom is 0.119 e. The number of rotatable bonds is 4. The van der Waals surface area contributed by atoms with E-state index in [-0.39, 0.29) is 6.10 Å². The van der Waals surface area contributed by atoms with Crippen LogP contribution in [0.15, 0.2) is 24.3 Å². The van der Waals surface area contributed by atoms with Crippen LogP contribution in [0.25, 0.3) is 0 Å². The molecule has 15 heavy (non-hydrogen) atoms. The van der Waals surface area contributed by atoms with Crippen LogP contribution < -0.4 is 4.74 Å². The second kappa shape index (κ2) is 4.23. The van der Waals surface area contributed by atoms with Crippen molar-refractivity contribution in [2.24, 2.45) is 11.8 Å². The van der Waals surface area contributed by atoms with Crippen molar-refractivity contribution in [3.63, 3.8) is 0 Å². The zero-order valence-electron chi connectivity index (χ0n) is 9.31. The van der Waals surface area contributed by atoms with E-state index in [2.05, 4.69) is 6.92 Å². The molecular formula is C13H18O2. The van der Waals surface area contributed by atoms with Gasteiger partial charge in [0.1, 0.15) is 5.75 Å². The van der Waals surface area contributed by atoms with Gasteiger partial charge in [0.2, 0.25) is 0 Å². The van der Waals surface area contributed by atoms with Crippen molar-refractivity contribution >= 4 is 0 Å². The van der Waals surface area contributed by atoms with Crippen molar-refractivity contribution < 1.29 is 9.84 Å². The smallest absolute Gasteiger partial charge is 0.119 e. The summed E-state index contributed by atoms with van der Waals surface area (Å²) >= 11 is 0. The Morgan fingerprint density at radius 3 is 2.47 bits per heavy atom. The highest BCUT2D eigenvalue weighted by atomic mass is 16.5. The van der Waals surface area contributed by atoms with Gasteiger partial charge in [-0.15, -0.1) is 0 Å². The van der Waals surface area contributed by atoms with Crippen LogP contribution >= 0.6 is 0 Å². The Kier molecular flexibility index (Phi) is 2.96. The van der Waals surface area contributed by atoms with E-state index < -0.39 is 0 Å². The van der Waals surface area contributed by atoms with Gasteiger partial charge in [-0.1, -0.05) is 19.1 Å². The Bertz CT molecular complexity index is 318. The standard InChI is InChI=1S/C13H18O2/c1-3-15-11-6-4-10(5-7-11)13(14)12-8-9(12)2/h4-7,9,12-14H,3,8H2,1-2H3. The Hall–Kier alpha value is -1.02. The summed E-state index contributed by atoms with van der Waals surface area (Å²) in [4.78, 5) is 0. The number of hydrogen-bond acceptors (Lipinski definition) is 2. The second-order valence-corrected chi connectivity index (χ2v) is 4.32. The molecule has 2 rings (SSSR count). The predicted octanol–water partition coefficient (Wildman–Crippen LogP) is 2.77. The molecular weight excluding hydrogens is 188 g/mol. The average molecular weight is 206 g/mol. The van der Waals surface area contributed by atoms with Gasteiger partial charge in [-0.3, -0.25) is 0 Å².